The third-order valence-electron chi connectivity index (χ3n) is 5.11. The van der Waals surface area contributed by atoms with Gasteiger partial charge in [0, 0.05) is 36.3 Å². The fourth-order valence-electron chi connectivity index (χ4n) is 3.53. The summed E-state index contributed by atoms with van der Waals surface area (Å²) >= 11 is 0. The van der Waals surface area contributed by atoms with Crippen molar-refractivity contribution in [2.45, 2.75) is 20.0 Å². The second-order valence-electron chi connectivity index (χ2n) is 7.80. The number of nitrogens with one attached hydrogen (secondary N) is 1. The van der Waals surface area contributed by atoms with Gasteiger partial charge in [-0.05, 0) is 19.9 Å². The summed E-state index contributed by atoms with van der Waals surface area (Å²) in [6, 6.07) is 7.34. The van der Waals surface area contributed by atoms with Crippen LogP contribution in [0.1, 0.15) is 24.2 Å². The molecule has 0 fully saturated rings. The molecule has 0 amide bonds. The van der Waals surface area contributed by atoms with Crippen LogP contribution in [0.5, 0.6) is 5.75 Å². The van der Waals surface area contributed by atoms with Gasteiger partial charge < -0.3 is 14.8 Å². The number of carbonyl (C=O) groups is 1. The van der Waals surface area contributed by atoms with Crippen LogP contribution in [0.3, 0.4) is 0 Å². The molecule has 0 aliphatic carbocycles. The summed E-state index contributed by atoms with van der Waals surface area (Å²) in [7, 11) is 3.09. The monoisotopic (exact) mass is 480 g/mol. The lowest BCUT2D eigenvalue weighted by atomic mass is 10.0. The maximum atomic E-state index is 14.0. The zero-order valence-corrected chi connectivity index (χ0v) is 19.3. The summed E-state index contributed by atoms with van der Waals surface area (Å²) < 4.78 is 26.3. The van der Waals surface area contributed by atoms with Crippen molar-refractivity contribution in [1.82, 2.24) is 19.7 Å². The standard InChI is InChI=1S/C23H21FN6O5/c1-12(2)35-22(31)15-10-25-23(27-17-9-19(30(32)33)16(24)8-20(17)34-4)28-21(15)13-6-5-7-18-14(13)11-26-29(18)3/h5-12H,1-4H3,(H,25,27,28). The van der Waals surface area contributed by atoms with Gasteiger partial charge in [0.2, 0.25) is 11.8 Å². The molecule has 2 aromatic carbocycles. The number of fused-ring (bicyclic) bond motifs is 1. The number of carbonyl (C=O) groups excluding carboxylic acids is 1. The number of hydrogen-bond donors (Lipinski definition) is 1. The number of anilines is 2. The third-order valence-corrected chi connectivity index (χ3v) is 5.11. The van der Waals surface area contributed by atoms with Crippen LogP contribution in [-0.4, -0.2) is 43.9 Å². The molecule has 12 heteroatoms. The van der Waals surface area contributed by atoms with Gasteiger partial charge in [0.1, 0.15) is 11.3 Å². The minimum atomic E-state index is -1.05. The number of benzene rings is 2. The highest BCUT2D eigenvalue weighted by molar-refractivity contribution is 6.02. The zero-order valence-electron chi connectivity index (χ0n) is 19.3. The molecule has 35 heavy (non-hydrogen) atoms. The second-order valence-corrected chi connectivity index (χ2v) is 7.80. The Balaban J connectivity index is 1.86. The molecule has 4 rings (SSSR count). The first-order chi connectivity index (χ1) is 16.7. The molecule has 0 saturated carbocycles. The average molecular weight is 480 g/mol. The van der Waals surface area contributed by atoms with Crippen LogP contribution < -0.4 is 10.1 Å². The van der Waals surface area contributed by atoms with Gasteiger partial charge in [0.15, 0.2) is 0 Å². The van der Waals surface area contributed by atoms with Crippen LogP contribution in [0.4, 0.5) is 21.7 Å². The van der Waals surface area contributed by atoms with Crippen molar-refractivity contribution in [2.24, 2.45) is 7.05 Å². The van der Waals surface area contributed by atoms with Crippen molar-refractivity contribution >= 4 is 34.2 Å². The molecule has 0 spiro atoms. The molecule has 2 aromatic heterocycles. The molecular formula is C23H21FN6O5. The van der Waals surface area contributed by atoms with Crippen LogP contribution >= 0.6 is 0 Å². The number of hydrogen-bond acceptors (Lipinski definition) is 9. The zero-order chi connectivity index (χ0) is 25.3. The number of methoxy groups -OCH3 is 1. The third kappa shape index (κ3) is 4.58. The Hall–Kier alpha value is -4.61. The van der Waals surface area contributed by atoms with Crippen LogP contribution in [0.15, 0.2) is 42.7 Å². The van der Waals surface area contributed by atoms with Crippen molar-refractivity contribution in [3.63, 3.8) is 0 Å². The number of nitrogens with zero attached hydrogens (tertiary/aromatic N) is 5. The van der Waals surface area contributed by atoms with Gasteiger partial charge in [0.25, 0.3) is 0 Å². The SMILES string of the molecule is COc1cc(F)c([N+](=O)[O-])cc1Nc1ncc(C(=O)OC(C)C)c(-c2cccc3c2cnn3C)n1. The van der Waals surface area contributed by atoms with Crippen molar-refractivity contribution in [3.8, 4) is 17.0 Å². The van der Waals surface area contributed by atoms with E-state index in [-0.39, 0.29) is 34.7 Å². The van der Waals surface area contributed by atoms with E-state index in [4.69, 9.17) is 9.47 Å². The molecule has 0 aliphatic rings. The Kier molecular flexibility index (Phi) is 6.28. The van der Waals surface area contributed by atoms with E-state index >= 15 is 0 Å². The van der Waals surface area contributed by atoms with Crippen LogP contribution in [-0.2, 0) is 11.8 Å². The summed E-state index contributed by atoms with van der Waals surface area (Å²) in [6.45, 7) is 3.45. The molecule has 11 nitrogen and oxygen atoms in total. The van der Waals surface area contributed by atoms with Gasteiger partial charge in [-0.2, -0.15) is 9.49 Å². The first-order valence-corrected chi connectivity index (χ1v) is 10.5. The molecule has 0 atom stereocenters. The quantitative estimate of drug-likeness (QED) is 0.232. The number of aromatic nitrogens is 4. The molecule has 0 aliphatic heterocycles. The second kappa shape index (κ2) is 9.33. The maximum Gasteiger partial charge on any atom is 0.342 e. The van der Waals surface area contributed by atoms with E-state index in [0.29, 0.717) is 5.56 Å². The van der Waals surface area contributed by atoms with E-state index in [1.165, 1.54) is 13.3 Å². The fourth-order valence-corrected chi connectivity index (χ4v) is 3.53. The summed E-state index contributed by atoms with van der Waals surface area (Å²) in [5, 5.41) is 19.1. The minimum Gasteiger partial charge on any atom is -0.494 e. The number of nitro benzene ring substituents is 1. The van der Waals surface area contributed by atoms with E-state index in [9.17, 15) is 19.3 Å². The number of nitro groups is 1. The molecule has 0 unspecified atom stereocenters. The van der Waals surface area contributed by atoms with E-state index in [1.807, 2.05) is 6.07 Å². The van der Waals surface area contributed by atoms with Crippen molar-refractivity contribution in [2.75, 3.05) is 12.4 Å². The number of esters is 1. The predicted molar refractivity (Wildman–Crippen MR) is 125 cm³/mol. The molecule has 1 N–H and O–H groups in total. The number of rotatable bonds is 7. The molecular weight excluding hydrogens is 459 g/mol. The Labute approximate surface area is 198 Å². The topological polar surface area (TPSA) is 134 Å². The van der Waals surface area contributed by atoms with Gasteiger partial charge in [-0.1, -0.05) is 12.1 Å². The van der Waals surface area contributed by atoms with Gasteiger partial charge >= 0.3 is 11.7 Å². The molecule has 180 valence electrons. The van der Waals surface area contributed by atoms with Crippen molar-refractivity contribution in [3.05, 3.63) is 64.2 Å². The number of ether oxygens (including phenoxy) is 2. The molecule has 4 aromatic rings. The molecule has 2 heterocycles. The average Bonchev–Trinajstić information content (AvgIpc) is 3.20. The molecule has 0 bridgehead atoms. The lowest BCUT2D eigenvalue weighted by Crippen LogP contribution is -2.14. The lowest BCUT2D eigenvalue weighted by molar-refractivity contribution is -0.387. The number of aryl methyl sites for hydroxylation is 1. The maximum absolute atomic E-state index is 14.0. The summed E-state index contributed by atoms with van der Waals surface area (Å²) in [4.78, 5) is 31.9. The van der Waals surface area contributed by atoms with Crippen molar-refractivity contribution in [1.29, 1.82) is 0 Å². The Morgan fingerprint density at radius 1 is 1.26 bits per heavy atom. The largest absolute Gasteiger partial charge is 0.494 e. The van der Waals surface area contributed by atoms with E-state index in [0.717, 1.165) is 23.0 Å². The highest BCUT2D eigenvalue weighted by Crippen LogP contribution is 2.35. The van der Waals surface area contributed by atoms with Crippen LogP contribution in [0, 0.1) is 15.9 Å². The summed E-state index contributed by atoms with van der Waals surface area (Å²) in [5.41, 5.74) is 1.14. The number of halogens is 1. The van der Waals surface area contributed by atoms with Crippen LogP contribution in [0.25, 0.3) is 22.2 Å². The fraction of sp³-hybridized carbons (Fsp3) is 0.217. The molecule has 0 saturated heterocycles. The summed E-state index contributed by atoms with van der Waals surface area (Å²) in [5.74, 6) is -1.65. The van der Waals surface area contributed by atoms with E-state index in [2.05, 4.69) is 20.4 Å². The van der Waals surface area contributed by atoms with Gasteiger partial charge in [0.05, 0.1) is 41.2 Å². The smallest absolute Gasteiger partial charge is 0.342 e. The van der Waals surface area contributed by atoms with Crippen molar-refractivity contribution < 1.29 is 23.6 Å². The summed E-state index contributed by atoms with van der Waals surface area (Å²) in [6.07, 6.45) is 2.59. The Morgan fingerprint density at radius 2 is 2.03 bits per heavy atom. The van der Waals surface area contributed by atoms with Gasteiger partial charge in [-0.15, -0.1) is 0 Å². The highest BCUT2D eigenvalue weighted by atomic mass is 19.1. The van der Waals surface area contributed by atoms with Gasteiger partial charge in [-0.3, -0.25) is 14.8 Å². The Bertz CT molecular complexity index is 1450. The van der Waals surface area contributed by atoms with E-state index in [1.54, 1.807) is 43.9 Å². The first-order valence-electron chi connectivity index (χ1n) is 10.5. The normalized spacial score (nSPS) is 11.0. The van der Waals surface area contributed by atoms with Crippen LogP contribution in [0.2, 0.25) is 0 Å². The predicted octanol–water partition coefficient (Wildman–Crippen LogP) is 4.40. The lowest BCUT2D eigenvalue weighted by Gasteiger charge is -2.14. The minimum absolute atomic E-state index is 0.00111. The Morgan fingerprint density at radius 3 is 2.71 bits per heavy atom. The highest BCUT2D eigenvalue weighted by Gasteiger charge is 2.23. The first kappa shape index (κ1) is 23.5. The van der Waals surface area contributed by atoms with Gasteiger partial charge in [-0.25, -0.2) is 14.8 Å². The van der Waals surface area contributed by atoms with E-state index < -0.39 is 22.4 Å². The molecule has 0 radical (unpaired) electrons.